The third-order valence-corrected chi connectivity index (χ3v) is 3.78. The van der Waals surface area contributed by atoms with Crippen LogP contribution in [0.1, 0.15) is 63.9 Å². The summed E-state index contributed by atoms with van der Waals surface area (Å²) >= 11 is 0. The second kappa shape index (κ2) is 10.3. The van der Waals surface area contributed by atoms with Crippen LogP contribution in [0.4, 0.5) is 0 Å². The number of rotatable bonds is 10. The van der Waals surface area contributed by atoms with Crippen molar-refractivity contribution < 1.29 is 9.90 Å². The minimum atomic E-state index is 0.205. The van der Waals surface area contributed by atoms with Crippen molar-refractivity contribution in [3.05, 3.63) is 29.8 Å². The lowest BCUT2D eigenvalue weighted by Gasteiger charge is -2.17. The van der Waals surface area contributed by atoms with Gasteiger partial charge in [-0.15, -0.1) is 0 Å². The quantitative estimate of drug-likeness (QED) is 0.645. The highest BCUT2D eigenvalue weighted by Crippen LogP contribution is 2.13. The van der Waals surface area contributed by atoms with Crippen LogP contribution in [0.2, 0.25) is 0 Å². The van der Waals surface area contributed by atoms with Crippen LogP contribution in [0, 0.1) is 0 Å². The van der Waals surface area contributed by atoms with Crippen LogP contribution in [-0.4, -0.2) is 23.0 Å². The summed E-state index contributed by atoms with van der Waals surface area (Å²) in [5.74, 6) is 0.465. The molecule has 0 aliphatic heterocycles. The molecule has 0 aromatic heterocycles. The number of hydrogen-bond acceptors (Lipinski definition) is 2. The van der Waals surface area contributed by atoms with Gasteiger partial charge < -0.3 is 10.0 Å². The van der Waals surface area contributed by atoms with Crippen molar-refractivity contribution in [1.29, 1.82) is 0 Å². The summed E-state index contributed by atoms with van der Waals surface area (Å²) in [7, 11) is 1.84. The molecule has 1 rings (SSSR count). The number of carbonyl (C=O) groups excluding carboxylic acids is 1. The average molecular weight is 291 g/mol. The van der Waals surface area contributed by atoms with Gasteiger partial charge in [0.1, 0.15) is 5.75 Å². The Morgan fingerprint density at radius 1 is 1.00 bits per heavy atom. The van der Waals surface area contributed by atoms with Crippen LogP contribution < -0.4 is 0 Å². The molecule has 0 radical (unpaired) electrons. The molecular formula is C18H29NO2. The molecule has 3 heteroatoms. The molecule has 1 aromatic rings. The Morgan fingerprint density at radius 2 is 1.57 bits per heavy atom. The fraction of sp³-hybridized carbons (Fsp3) is 0.611. The SMILES string of the molecule is CCCCCCCCCC(=O)N(C)Cc1ccc(O)cc1. The Bertz CT molecular complexity index is 400. The van der Waals surface area contributed by atoms with Crippen LogP contribution >= 0.6 is 0 Å². The van der Waals surface area contributed by atoms with E-state index in [0.717, 1.165) is 18.4 Å². The molecule has 0 bridgehead atoms. The fourth-order valence-corrected chi connectivity index (χ4v) is 2.39. The third kappa shape index (κ3) is 7.74. The summed E-state index contributed by atoms with van der Waals surface area (Å²) in [6, 6.07) is 7.02. The summed E-state index contributed by atoms with van der Waals surface area (Å²) in [5.41, 5.74) is 1.04. The third-order valence-electron chi connectivity index (χ3n) is 3.78. The maximum absolute atomic E-state index is 12.0. The van der Waals surface area contributed by atoms with E-state index in [1.165, 1.54) is 32.1 Å². The van der Waals surface area contributed by atoms with Gasteiger partial charge in [0.2, 0.25) is 5.91 Å². The van der Waals surface area contributed by atoms with Gasteiger partial charge in [-0.05, 0) is 24.1 Å². The van der Waals surface area contributed by atoms with E-state index < -0.39 is 0 Å². The number of nitrogens with zero attached hydrogens (tertiary/aromatic N) is 1. The van der Waals surface area contributed by atoms with Gasteiger partial charge in [0.25, 0.3) is 0 Å². The first kappa shape index (κ1) is 17.5. The Labute approximate surface area is 129 Å². The van der Waals surface area contributed by atoms with E-state index in [4.69, 9.17) is 0 Å². The smallest absolute Gasteiger partial charge is 0.222 e. The van der Waals surface area contributed by atoms with Gasteiger partial charge in [-0.25, -0.2) is 0 Å². The number of benzene rings is 1. The standard InChI is InChI=1S/C18H29NO2/c1-3-4-5-6-7-8-9-10-18(21)19(2)15-16-11-13-17(20)14-12-16/h11-14,20H,3-10,15H2,1-2H3. The van der Waals surface area contributed by atoms with Crippen molar-refractivity contribution in [3.63, 3.8) is 0 Å². The zero-order valence-electron chi connectivity index (χ0n) is 13.5. The zero-order valence-corrected chi connectivity index (χ0v) is 13.5. The summed E-state index contributed by atoms with van der Waals surface area (Å²) < 4.78 is 0. The molecule has 21 heavy (non-hydrogen) atoms. The van der Waals surface area contributed by atoms with Crippen molar-refractivity contribution >= 4 is 5.91 Å². The molecule has 1 amide bonds. The molecule has 0 aliphatic carbocycles. The Balaban J connectivity index is 2.15. The van der Waals surface area contributed by atoms with Crippen molar-refractivity contribution in [3.8, 4) is 5.75 Å². The molecule has 0 saturated heterocycles. The molecule has 0 aliphatic rings. The fourth-order valence-electron chi connectivity index (χ4n) is 2.39. The summed E-state index contributed by atoms with van der Waals surface area (Å²) in [6.07, 6.45) is 9.26. The number of aromatic hydroxyl groups is 1. The Kier molecular flexibility index (Phi) is 8.56. The molecule has 0 atom stereocenters. The minimum absolute atomic E-state index is 0.205. The molecule has 0 unspecified atom stereocenters. The van der Waals surface area contributed by atoms with Crippen molar-refractivity contribution in [2.45, 2.75) is 64.8 Å². The summed E-state index contributed by atoms with van der Waals surface area (Å²) in [6.45, 7) is 2.83. The van der Waals surface area contributed by atoms with Crippen molar-refractivity contribution in [2.24, 2.45) is 0 Å². The lowest BCUT2D eigenvalue weighted by molar-refractivity contribution is -0.130. The van der Waals surface area contributed by atoms with Gasteiger partial charge in [0.05, 0.1) is 0 Å². The van der Waals surface area contributed by atoms with E-state index >= 15 is 0 Å². The number of phenolic OH excluding ortho intramolecular Hbond substituents is 1. The van der Waals surface area contributed by atoms with E-state index in [9.17, 15) is 9.90 Å². The highest BCUT2D eigenvalue weighted by Gasteiger charge is 2.08. The topological polar surface area (TPSA) is 40.5 Å². The van der Waals surface area contributed by atoms with Crippen LogP contribution in [0.3, 0.4) is 0 Å². The maximum Gasteiger partial charge on any atom is 0.222 e. The number of unbranched alkanes of at least 4 members (excludes halogenated alkanes) is 6. The largest absolute Gasteiger partial charge is 0.508 e. The molecule has 1 N–H and O–H groups in total. The number of carbonyl (C=O) groups is 1. The predicted molar refractivity (Wildman–Crippen MR) is 87.2 cm³/mol. The molecule has 0 heterocycles. The second-order valence-corrected chi connectivity index (χ2v) is 5.79. The minimum Gasteiger partial charge on any atom is -0.508 e. The second-order valence-electron chi connectivity index (χ2n) is 5.79. The monoisotopic (exact) mass is 291 g/mol. The summed E-state index contributed by atoms with van der Waals surface area (Å²) in [4.78, 5) is 13.8. The zero-order chi connectivity index (χ0) is 15.5. The normalized spacial score (nSPS) is 10.6. The van der Waals surface area contributed by atoms with Crippen LogP contribution in [-0.2, 0) is 11.3 Å². The van der Waals surface area contributed by atoms with Gasteiger partial charge in [0, 0.05) is 20.0 Å². The van der Waals surface area contributed by atoms with E-state index in [1.807, 2.05) is 19.2 Å². The summed E-state index contributed by atoms with van der Waals surface area (Å²) in [5, 5.41) is 9.24. The van der Waals surface area contributed by atoms with Crippen molar-refractivity contribution in [1.82, 2.24) is 4.90 Å². The first-order chi connectivity index (χ1) is 10.1. The number of phenols is 1. The number of hydrogen-bond donors (Lipinski definition) is 1. The van der Waals surface area contributed by atoms with Gasteiger partial charge in [-0.1, -0.05) is 57.6 Å². The van der Waals surface area contributed by atoms with Crippen molar-refractivity contribution in [2.75, 3.05) is 7.05 Å². The predicted octanol–water partition coefficient (Wildman–Crippen LogP) is 4.49. The molecule has 0 spiro atoms. The molecule has 0 fully saturated rings. The van der Waals surface area contributed by atoms with Crippen LogP contribution in [0.5, 0.6) is 5.75 Å². The molecule has 3 nitrogen and oxygen atoms in total. The Hall–Kier alpha value is -1.51. The van der Waals surface area contributed by atoms with Gasteiger partial charge in [-0.2, -0.15) is 0 Å². The Morgan fingerprint density at radius 3 is 2.19 bits per heavy atom. The highest BCUT2D eigenvalue weighted by molar-refractivity contribution is 5.75. The van der Waals surface area contributed by atoms with E-state index in [2.05, 4.69) is 6.92 Å². The molecule has 1 aromatic carbocycles. The first-order valence-electron chi connectivity index (χ1n) is 8.15. The van der Waals surface area contributed by atoms with Crippen LogP contribution in [0.15, 0.2) is 24.3 Å². The van der Waals surface area contributed by atoms with Crippen LogP contribution in [0.25, 0.3) is 0 Å². The van der Waals surface area contributed by atoms with Gasteiger partial charge in [-0.3, -0.25) is 4.79 Å². The highest BCUT2D eigenvalue weighted by atomic mass is 16.3. The molecular weight excluding hydrogens is 262 g/mol. The first-order valence-corrected chi connectivity index (χ1v) is 8.15. The lowest BCUT2D eigenvalue weighted by Crippen LogP contribution is -2.25. The number of amides is 1. The van der Waals surface area contributed by atoms with E-state index in [0.29, 0.717) is 13.0 Å². The van der Waals surface area contributed by atoms with E-state index in [1.54, 1.807) is 17.0 Å². The van der Waals surface area contributed by atoms with Gasteiger partial charge >= 0.3 is 0 Å². The van der Waals surface area contributed by atoms with Gasteiger partial charge in [0.15, 0.2) is 0 Å². The van der Waals surface area contributed by atoms with E-state index in [-0.39, 0.29) is 11.7 Å². The lowest BCUT2D eigenvalue weighted by atomic mass is 10.1. The molecule has 118 valence electrons. The average Bonchev–Trinajstić information content (AvgIpc) is 2.48. The maximum atomic E-state index is 12.0. The molecule has 0 saturated carbocycles.